The second kappa shape index (κ2) is 3.68. The van der Waals surface area contributed by atoms with Crippen LogP contribution in [-0.4, -0.2) is 25.3 Å². The summed E-state index contributed by atoms with van der Waals surface area (Å²) in [4.78, 5) is 10.6. The van der Waals surface area contributed by atoms with Crippen molar-refractivity contribution in [2.24, 2.45) is 0 Å². The summed E-state index contributed by atoms with van der Waals surface area (Å²) in [5.74, 6) is 0.140. The van der Waals surface area contributed by atoms with Gasteiger partial charge in [0.05, 0.1) is 6.42 Å². The standard InChI is InChI=1S/C7H12O3/c1-2-3-9-7-4-6(8)5-10-7/h7H,2-5H2,1H3. The Balaban J connectivity index is 2.12. The zero-order valence-corrected chi connectivity index (χ0v) is 6.13. The Hall–Kier alpha value is -0.410. The summed E-state index contributed by atoms with van der Waals surface area (Å²) in [6, 6.07) is 0. The molecular weight excluding hydrogens is 132 g/mol. The Morgan fingerprint density at radius 3 is 3.10 bits per heavy atom. The minimum atomic E-state index is -0.257. The molecule has 58 valence electrons. The van der Waals surface area contributed by atoms with E-state index < -0.39 is 0 Å². The third kappa shape index (κ3) is 2.08. The lowest BCUT2D eigenvalue weighted by Gasteiger charge is -2.07. The molecular formula is C7H12O3. The summed E-state index contributed by atoms with van der Waals surface area (Å²) in [7, 11) is 0. The van der Waals surface area contributed by atoms with Crippen LogP contribution in [0, 0.1) is 0 Å². The first-order valence-electron chi connectivity index (χ1n) is 3.58. The normalized spacial score (nSPS) is 25.7. The van der Waals surface area contributed by atoms with Crippen LogP contribution in [0.2, 0.25) is 0 Å². The molecule has 0 saturated carbocycles. The molecule has 1 atom stereocenters. The average Bonchev–Trinajstić information content (AvgIpc) is 2.31. The zero-order chi connectivity index (χ0) is 7.40. The highest BCUT2D eigenvalue weighted by molar-refractivity contribution is 5.81. The van der Waals surface area contributed by atoms with Crippen molar-refractivity contribution >= 4 is 5.78 Å². The van der Waals surface area contributed by atoms with E-state index in [1.54, 1.807) is 0 Å². The number of hydrogen-bond donors (Lipinski definition) is 0. The molecule has 0 aromatic rings. The Morgan fingerprint density at radius 2 is 2.60 bits per heavy atom. The van der Waals surface area contributed by atoms with Gasteiger partial charge < -0.3 is 9.47 Å². The molecule has 0 bridgehead atoms. The number of hydrogen-bond acceptors (Lipinski definition) is 3. The number of rotatable bonds is 3. The molecule has 1 saturated heterocycles. The van der Waals surface area contributed by atoms with E-state index in [9.17, 15) is 4.79 Å². The lowest BCUT2D eigenvalue weighted by atomic mass is 10.3. The van der Waals surface area contributed by atoms with Crippen molar-refractivity contribution < 1.29 is 14.3 Å². The van der Waals surface area contributed by atoms with Crippen LogP contribution in [0.5, 0.6) is 0 Å². The van der Waals surface area contributed by atoms with Crippen LogP contribution in [0.25, 0.3) is 0 Å². The lowest BCUT2D eigenvalue weighted by Crippen LogP contribution is -2.10. The SMILES string of the molecule is CCCOC1CC(=O)CO1. The van der Waals surface area contributed by atoms with Gasteiger partial charge in [0.15, 0.2) is 12.1 Å². The molecule has 1 aliphatic rings. The third-order valence-corrected chi connectivity index (χ3v) is 1.33. The van der Waals surface area contributed by atoms with Crippen LogP contribution in [0.4, 0.5) is 0 Å². The van der Waals surface area contributed by atoms with Crippen molar-refractivity contribution in [3.05, 3.63) is 0 Å². The van der Waals surface area contributed by atoms with E-state index in [2.05, 4.69) is 0 Å². The van der Waals surface area contributed by atoms with E-state index in [0.717, 1.165) is 6.42 Å². The van der Waals surface area contributed by atoms with Gasteiger partial charge in [0, 0.05) is 6.61 Å². The fourth-order valence-corrected chi connectivity index (χ4v) is 0.846. The van der Waals surface area contributed by atoms with Crippen molar-refractivity contribution in [3.8, 4) is 0 Å². The van der Waals surface area contributed by atoms with Crippen LogP contribution in [-0.2, 0) is 14.3 Å². The molecule has 0 radical (unpaired) electrons. The molecule has 1 heterocycles. The molecule has 0 amide bonds. The van der Waals surface area contributed by atoms with Gasteiger partial charge in [0.2, 0.25) is 0 Å². The molecule has 10 heavy (non-hydrogen) atoms. The lowest BCUT2D eigenvalue weighted by molar-refractivity contribution is -0.118. The smallest absolute Gasteiger partial charge is 0.165 e. The van der Waals surface area contributed by atoms with E-state index in [0.29, 0.717) is 13.0 Å². The van der Waals surface area contributed by atoms with Crippen molar-refractivity contribution in [2.45, 2.75) is 26.1 Å². The van der Waals surface area contributed by atoms with Crippen LogP contribution in [0.1, 0.15) is 19.8 Å². The third-order valence-electron chi connectivity index (χ3n) is 1.33. The molecule has 0 N–H and O–H groups in total. The topological polar surface area (TPSA) is 35.5 Å². The second-order valence-electron chi connectivity index (χ2n) is 2.35. The summed E-state index contributed by atoms with van der Waals surface area (Å²) in [5, 5.41) is 0. The van der Waals surface area contributed by atoms with Crippen LogP contribution >= 0.6 is 0 Å². The maximum absolute atomic E-state index is 10.6. The quantitative estimate of drug-likeness (QED) is 0.585. The summed E-state index contributed by atoms with van der Waals surface area (Å²) in [6.07, 6.45) is 1.14. The van der Waals surface area contributed by atoms with Crippen LogP contribution in [0.3, 0.4) is 0 Å². The Kier molecular flexibility index (Phi) is 2.83. The minimum absolute atomic E-state index is 0.140. The number of ether oxygens (including phenoxy) is 2. The summed E-state index contributed by atoms with van der Waals surface area (Å²) >= 11 is 0. The van der Waals surface area contributed by atoms with Crippen molar-refractivity contribution in [2.75, 3.05) is 13.2 Å². The van der Waals surface area contributed by atoms with E-state index >= 15 is 0 Å². The number of carbonyl (C=O) groups is 1. The van der Waals surface area contributed by atoms with Gasteiger partial charge in [-0.25, -0.2) is 0 Å². The highest BCUT2D eigenvalue weighted by atomic mass is 16.7. The van der Waals surface area contributed by atoms with Gasteiger partial charge in [-0.05, 0) is 6.42 Å². The highest BCUT2D eigenvalue weighted by Gasteiger charge is 2.22. The number of ketones is 1. The van der Waals surface area contributed by atoms with Crippen molar-refractivity contribution in [1.29, 1.82) is 0 Å². The van der Waals surface area contributed by atoms with Crippen molar-refractivity contribution in [1.82, 2.24) is 0 Å². The predicted molar refractivity (Wildman–Crippen MR) is 35.6 cm³/mol. The Morgan fingerprint density at radius 1 is 1.80 bits per heavy atom. The van der Waals surface area contributed by atoms with Gasteiger partial charge in [0.25, 0.3) is 0 Å². The van der Waals surface area contributed by atoms with Gasteiger partial charge >= 0.3 is 0 Å². The highest BCUT2D eigenvalue weighted by Crippen LogP contribution is 2.09. The fourth-order valence-electron chi connectivity index (χ4n) is 0.846. The van der Waals surface area contributed by atoms with Gasteiger partial charge in [-0.15, -0.1) is 0 Å². The van der Waals surface area contributed by atoms with Gasteiger partial charge in [0.1, 0.15) is 6.61 Å². The minimum Gasteiger partial charge on any atom is -0.352 e. The number of Topliss-reactive ketones (excluding diaryl/α,β-unsaturated/α-hetero) is 1. The van der Waals surface area contributed by atoms with E-state index in [1.165, 1.54) is 0 Å². The molecule has 1 aliphatic heterocycles. The van der Waals surface area contributed by atoms with Gasteiger partial charge in [-0.2, -0.15) is 0 Å². The maximum atomic E-state index is 10.6. The first-order chi connectivity index (χ1) is 4.83. The molecule has 0 aliphatic carbocycles. The Bertz CT molecular complexity index is 122. The van der Waals surface area contributed by atoms with E-state index in [4.69, 9.17) is 9.47 Å². The van der Waals surface area contributed by atoms with Gasteiger partial charge in [-0.3, -0.25) is 4.79 Å². The largest absolute Gasteiger partial charge is 0.352 e. The Labute approximate surface area is 60.3 Å². The van der Waals surface area contributed by atoms with Gasteiger partial charge in [-0.1, -0.05) is 6.92 Å². The van der Waals surface area contributed by atoms with Crippen LogP contribution < -0.4 is 0 Å². The monoisotopic (exact) mass is 144 g/mol. The number of carbonyl (C=O) groups excluding carboxylic acids is 1. The second-order valence-corrected chi connectivity index (χ2v) is 2.35. The first kappa shape index (κ1) is 7.69. The molecule has 3 heteroatoms. The molecule has 0 aromatic carbocycles. The molecule has 3 nitrogen and oxygen atoms in total. The summed E-state index contributed by atoms with van der Waals surface area (Å²) < 4.78 is 10.2. The molecule has 1 fully saturated rings. The molecule has 1 rings (SSSR count). The molecule has 0 aromatic heterocycles. The molecule has 0 spiro atoms. The van der Waals surface area contributed by atoms with E-state index in [-0.39, 0.29) is 18.7 Å². The average molecular weight is 144 g/mol. The first-order valence-corrected chi connectivity index (χ1v) is 3.58. The van der Waals surface area contributed by atoms with Crippen LogP contribution in [0.15, 0.2) is 0 Å². The van der Waals surface area contributed by atoms with E-state index in [1.807, 2.05) is 6.92 Å². The fraction of sp³-hybridized carbons (Fsp3) is 0.857. The molecule has 1 unspecified atom stereocenters. The van der Waals surface area contributed by atoms with Crippen molar-refractivity contribution in [3.63, 3.8) is 0 Å². The maximum Gasteiger partial charge on any atom is 0.165 e. The summed E-state index contributed by atoms with van der Waals surface area (Å²) in [5.41, 5.74) is 0. The predicted octanol–water partition coefficient (Wildman–Crippen LogP) is 0.729. The summed E-state index contributed by atoms with van der Waals surface area (Å²) in [6.45, 7) is 2.93. The zero-order valence-electron chi connectivity index (χ0n) is 6.13.